The van der Waals surface area contributed by atoms with Crippen LogP contribution < -0.4 is 0 Å². The molecule has 0 fully saturated rings. The molecule has 7 heavy (non-hydrogen) atoms. The van der Waals surface area contributed by atoms with E-state index in [1.54, 1.807) is 6.07 Å². The normalized spacial score (nSPS) is 8.57. The largest absolute Gasteiger partial charge is 0.232 e. The van der Waals surface area contributed by atoms with Crippen LogP contribution in [0.3, 0.4) is 0 Å². The molecule has 3 nitrogen and oxygen atoms in total. The van der Waals surface area contributed by atoms with Crippen LogP contribution in [0, 0.1) is 11.3 Å². The Hall–Kier alpha value is -0.560. The third kappa shape index (κ3) is 5.44. The van der Waals surface area contributed by atoms with Gasteiger partial charge >= 0.3 is 0 Å². The van der Waals surface area contributed by atoms with Crippen molar-refractivity contribution in [3.8, 4) is 6.07 Å². The maximum atomic E-state index is 9.64. The van der Waals surface area contributed by atoms with Gasteiger partial charge in [0.2, 0.25) is 0 Å². The van der Waals surface area contributed by atoms with Gasteiger partial charge in [-0.05, 0) is 0 Å². The van der Waals surface area contributed by atoms with Gasteiger partial charge < -0.3 is 0 Å². The van der Waals surface area contributed by atoms with Gasteiger partial charge in [-0.1, -0.05) is 0 Å². The molecule has 0 N–H and O–H groups in total. The SMILES string of the molecule is N#CCC[SH](=O)=O. The number of nitriles is 1. The molecule has 0 aromatic rings. The Labute approximate surface area is 43.5 Å². The van der Waals surface area contributed by atoms with Gasteiger partial charge in [-0.25, -0.2) is 8.42 Å². The van der Waals surface area contributed by atoms with Crippen LogP contribution in [0.2, 0.25) is 0 Å². The van der Waals surface area contributed by atoms with E-state index in [1.807, 2.05) is 0 Å². The second kappa shape index (κ2) is 3.62. The Morgan fingerprint density at radius 3 is 2.29 bits per heavy atom. The van der Waals surface area contributed by atoms with E-state index in [9.17, 15) is 8.42 Å². The minimum absolute atomic E-state index is 0.00810. The standard InChI is InChI=1S/C3H5NO2S/c4-2-1-3-7(5)6/h7H,1,3H2. The van der Waals surface area contributed by atoms with E-state index in [0.717, 1.165) is 0 Å². The highest BCUT2D eigenvalue weighted by molar-refractivity contribution is 7.72. The van der Waals surface area contributed by atoms with Crippen molar-refractivity contribution in [2.75, 3.05) is 5.75 Å². The van der Waals surface area contributed by atoms with Crippen LogP contribution in [-0.2, 0) is 10.7 Å². The Morgan fingerprint density at radius 2 is 2.14 bits per heavy atom. The third-order valence-electron chi connectivity index (χ3n) is 0.406. The van der Waals surface area contributed by atoms with Crippen molar-refractivity contribution in [3.63, 3.8) is 0 Å². The Kier molecular flexibility index (Phi) is 3.33. The topological polar surface area (TPSA) is 57.9 Å². The number of nitrogens with zero attached hydrogens (tertiary/aromatic N) is 1. The summed E-state index contributed by atoms with van der Waals surface area (Å²) in [5, 5.41) is 7.80. The average molecular weight is 119 g/mol. The predicted octanol–water partition coefficient (Wildman–Crippen LogP) is -0.489. The van der Waals surface area contributed by atoms with Gasteiger partial charge in [0.25, 0.3) is 0 Å². The van der Waals surface area contributed by atoms with Crippen molar-refractivity contribution >= 4 is 10.7 Å². The number of thiol groups is 1. The molecule has 40 valence electrons. The summed E-state index contributed by atoms with van der Waals surface area (Å²) >= 11 is 0. The fourth-order valence-electron chi connectivity index (χ4n) is 0.141. The Bertz CT molecular complexity index is 136. The van der Waals surface area contributed by atoms with Crippen LogP contribution in [0.25, 0.3) is 0 Å². The summed E-state index contributed by atoms with van der Waals surface area (Å²) in [4.78, 5) is 0. The number of rotatable bonds is 2. The zero-order valence-corrected chi connectivity index (χ0v) is 4.52. The molecule has 0 aliphatic heterocycles. The highest BCUT2D eigenvalue weighted by atomic mass is 32.2. The van der Waals surface area contributed by atoms with E-state index >= 15 is 0 Å². The van der Waals surface area contributed by atoms with E-state index in [1.165, 1.54) is 0 Å². The summed E-state index contributed by atoms with van der Waals surface area (Å²) in [6.07, 6.45) is 0.110. The quantitative estimate of drug-likeness (QED) is 0.499. The van der Waals surface area contributed by atoms with Gasteiger partial charge in [0, 0.05) is 6.42 Å². The molecule has 0 amide bonds. The van der Waals surface area contributed by atoms with Gasteiger partial charge in [0.05, 0.1) is 11.8 Å². The minimum Gasteiger partial charge on any atom is -0.232 e. The van der Waals surface area contributed by atoms with Crippen molar-refractivity contribution in [1.82, 2.24) is 0 Å². The highest BCUT2D eigenvalue weighted by Crippen LogP contribution is 1.72. The summed E-state index contributed by atoms with van der Waals surface area (Å²) in [5.41, 5.74) is 0. The van der Waals surface area contributed by atoms with Crippen molar-refractivity contribution in [1.29, 1.82) is 5.26 Å². The first kappa shape index (κ1) is 6.44. The third-order valence-corrected chi connectivity index (χ3v) is 0.995. The van der Waals surface area contributed by atoms with Crippen LogP contribution in [0.5, 0.6) is 0 Å². The van der Waals surface area contributed by atoms with E-state index in [2.05, 4.69) is 0 Å². The summed E-state index contributed by atoms with van der Waals surface area (Å²) in [6, 6.07) is 1.72. The van der Waals surface area contributed by atoms with Crippen molar-refractivity contribution in [2.45, 2.75) is 6.42 Å². The average Bonchev–Trinajstić information content (AvgIpc) is 1.61. The van der Waals surface area contributed by atoms with Gasteiger partial charge in [-0.2, -0.15) is 5.26 Å². The molecule has 0 heterocycles. The van der Waals surface area contributed by atoms with Gasteiger partial charge in [0.1, 0.15) is 10.7 Å². The molecule has 0 rings (SSSR count). The van der Waals surface area contributed by atoms with Gasteiger partial charge in [0.15, 0.2) is 0 Å². The number of hydrogen-bond acceptors (Lipinski definition) is 3. The van der Waals surface area contributed by atoms with Crippen LogP contribution in [0.1, 0.15) is 6.42 Å². The first-order chi connectivity index (χ1) is 3.27. The lowest BCUT2D eigenvalue weighted by Gasteiger charge is -1.70. The zero-order chi connectivity index (χ0) is 5.70. The lowest BCUT2D eigenvalue weighted by molar-refractivity contribution is 0.614. The molecule has 0 saturated heterocycles. The zero-order valence-electron chi connectivity index (χ0n) is 3.63. The fraction of sp³-hybridized carbons (Fsp3) is 0.667. The molecular formula is C3H5NO2S. The molecule has 0 atom stereocenters. The molecule has 0 bridgehead atoms. The summed E-state index contributed by atoms with van der Waals surface area (Å²) < 4.78 is 19.3. The van der Waals surface area contributed by atoms with Gasteiger partial charge in [-0.3, -0.25) is 0 Å². The second-order valence-electron chi connectivity index (χ2n) is 0.964. The fourth-order valence-corrected chi connectivity index (χ4v) is 0.424. The van der Waals surface area contributed by atoms with Crippen molar-refractivity contribution < 1.29 is 8.42 Å². The maximum Gasteiger partial charge on any atom is 0.141 e. The second-order valence-corrected chi connectivity index (χ2v) is 2.08. The molecule has 0 aromatic carbocycles. The predicted molar refractivity (Wildman–Crippen MR) is 25.4 cm³/mol. The Morgan fingerprint density at radius 1 is 1.57 bits per heavy atom. The van der Waals surface area contributed by atoms with Crippen molar-refractivity contribution in [3.05, 3.63) is 0 Å². The maximum absolute atomic E-state index is 9.64. The molecule has 0 unspecified atom stereocenters. The van der Waals surface area contributed by atoms with E-state index < -0.39 is 10.7 Å². The van der Waals surface area contributed by atoms with Crippen LogP contribution in [-0.4, -0.2) is 14.2 Å². The smallest absolute Gasteiger partial charge is 0.141 e. The molecule has 0 aliphatic carbocycles. The molecule has 4 heteroatoms. The molecule has 0 aliphatic rings. The molecular weight excluding hydrogens is 114 g/mol. The van der Waals surface area contributed by atoms with E-state index in [0.29, 0.717) is 0 Å². The molecule has 0 radical (unpaired) electrons. The monoisotopic (exact) mass is 119 g/mol. The van der Waals surface area contributed by atoms with Crippen LogP contribution in [0.15, 0.2) is 0 Å². The van der Waals surface area contributed by atoms with Crippen LogP contribution in [0.4, 0.5) is 0 Å². The first-order valence-electron chi connectivity index (χ1n) is 1.76. The summed E-state index contributed by atoms with van der Waals surface area (Å²) in [5.74, 6) is -0.00810. The van der Waals surface area contributed by atoms with Gasteiger partial charge in [-0.15, -0.1) is 0 Å². The summed E-state index contributed by atoms with van der Waals surface area (Å²) in [6.45, 7) is 0. The highest BCUT2D eigenvalue weighted by Gasteiger charge is 1.81. The first-order valence-corrected chi connectivity index (χ1v) is 3.12. The molecule has 0 aromatic heterocycles. The van der Waals surface area contributed by atoms with E-state index in [4.69, 9.17) is 5.26 Å². The van der Waals surface area contributed by atoms with Crippen molar-refractivity contribution in [2.24, 2.45) is 0 Å². The van der Waals surface area contributed by atoms with E-state index in [-0.39, 0.29) is 12.2 Å². The van der Waals surface area contributed by atoms with Crippen LogP contribution >= 0.6 is 0 Å². The number of hydrogen-bond donors (Lipinski definition) is 1. The lowest BCUT2D eigenvalue weighted by Crippen LogP contribution is -1.82. The molecule has 0 spiro atoms. The molecule has 0 saturated carbocycles. The minimum atomic E-state index is -2.33. The summed E-state index contributed by atoms with van der Waals surface area (Å²) in [7, 11) is -2.33. The lowest BCUT2D eigenvalue weighted by atomic mass is 10.6. The Balaban J connectivity index is 3.20.